The Hall–Kier alpha value is -0.180. The van der Waals surface area contributed by atoms with Crippen molar-refractivity contribution in [2.45, 2.75) is 11.5 Å². The number of hydrogen-bond donors (Lipinski definition) is 1. The zero-order valence-electron chi connectivity index (χ0n) is 5.25. The van der Waals surface area contributed by atoms with Crippen molar-refractivity contribution in [3.63, 3.8) is 0 Å². The summed E-state index contributed by atoms with van der Waals surface area (Å²) in [6.07, 6.45) is 0. The second kappa shape index (κ2) is 3.86. The van der Waals surface area contributed by atoms with Crippen molar-refractivity contribution in [1.29, 1.82) is 0 Å². The summed E-state index contributed by atoms with van der Waals surface area (Å²) in [5, 5.41) is 8.66. The Morgan fingerprint density at radius 3 is 2.30 bits per heavy atom. The van der Waals surface area contributed by atoms with E-state index in [9.17, 15) is 0 Å². The topological polar surface area (TPSA) is 20.2 Å². The zero-order valence-corrected chi connectivity index (χ0v) is 6.82. The third-order valence-corrected chi connectivity index (χ3v) is 2.18. The van der Waals surface area contributed by atoms with E-state index < -0.39 is 0 Å². The Balaban J connectivity index is 2.80. The van der Waals surface area contributed by atoms with E-state index in [2.05, 4.69) is 0 Å². The van der Waals surface area contributed by atoms with Crippen LogP contribution in [0.1, 0.15) is 5.56 Å². The van der Waals surface area contributed by atoms with E-state index in [4.69, 9.17) is 15.8 Å². The molecule has 1 aromatic carbocycles. The van der Waals surface area contributed by atoms with Crippen LogP contribution in [-0.4, -0.2) is 5.11 Å². The minimum absolute atomic E-state index is 0.0905. The van der Waals surface area contributed by atoms with Gasteiger partial charge in [-0.2, -0.15) is 0 Å². The second-order valence-electron chi connectivity index (χ2n) is 1.88. The first kappa shape index (κ1) is 7.92. The molecule has 0 atom stereocenters. The van der Waals surface area contributed by atoms with Gasteiger partial charge < -0.3 is 5.11 Å². The molecule has 10 heavy (non-hydrogen) atoms. The quantitative estimate of drug-likeness (QED) is 0.743. The molecule has 0 fully saturated rings. The van der Waals surface area contributed by atoms with Crippen molar-refractivity contribution in [3.8, 4) is 0 Å². The van der Waals surface area contributed by atoms with Gasteiger partial charge in [0, 0.05) is 4.90 Å². The SMILES string of the molecule is OCc1ccc(SCl)cc1. The summed E-state index contributed by atoms with van der Waals surface area (Å²) in [6.45, 7) is 0.0905. The predicted molar refractivity (Wildman–Crippen MR) is 44.1 cm³/mol. The predicted octanol–water partition coefficient (Wildman–Crippen LogP) is 2.42. The summed E-state index contributed by atoms with van der Waals surface area (Å²) >= 11 is 0. The number of hydrogen-bond acceptors (Lipinski definition) is 2. The van der Waals surface area contributed by atoms with Gasteiger partial charge in [-0.3, -0.25) is 0 Å². The molecule has 0 heterocycles. The molecule has 0 saturated heterocycles. The van der Waals surface area contributed by atoms with Crippen LogP contribution in [0.3, 0.4) is 0 Å². The molecule has 0 spiro atoms. The highest BCUT2D eigenvalue weighted by Gasteiger charge is 1.90. The lowest BCUT2D eigenvalue weighted by Gasteiger charge is -1.95. The molecule has 0 saturated carbocycles. The largest absolute Gasteiger partial charge is 0.392 e. The highest BCUT2D eigenvalue weighted by molar-refractivity contribution is 8.21. The second-order valence-corrected chi connectivity index (χ2v) is 2.97. The van der Waals surface area contributed by atoms with Crippen molar-refractivity contribution in [3.05, 3.63) is 29.8 Å². The molecule has 0 aliphatic carbocycles. The molecule has 0 bridgehead atoms. The van der Waals surface area contributed by atoms with Gasteiger partial charge in [-0.15, -0.1) is 0 Å². The van der Waals surface area contributed by atoms with Gasteiger partial charge >= 0.3 is 0 Å². The molecule has 0 aliphatic rings. The van der Waals surface area contributed by atoms with Crippen molar-refractivity contribution in [1.82, 2.24) is 0 Å². The standard InChI is InChI=1S/C7H7ClOS/c8-10-7-3-1-6(5-9)2-4-7/h1-4,9H,5H2. The first-order chi connectivity index (χ1) is 4.86. The third-order valence-electron chi connectivity index (χ3n) is 1.20. The molecule has 3 heteroatoms. The van der Waals surface area contributed by atoms with Crippen LogP contribution in [0, 0.1) is 0 Å². The molecule has 1 N–H and O–H groups in total. The maximum Gasteiger partial charge on any atom is 0.0681 e. The Morgan fingerprint density at radius 1 is 1.30 bits per heavy atom. The van der Waals surface area contributed by atoms with Gasteiger partial charge in [0.15, 0.2) is 0 Å². The fraction of sp³-hybridized carbons (Fsp3) is 0.143. The Bertz CT molecular complexity index is 174. The van der Waals surface area contributed by atoms with Crippen LogP contribution in [-0.2, 0) is 6.61 Å². The summed E-state index contributed by atoms with van der Waals surface area (Å²) in [6, 6.07) is 7.46. The van der Waals surface area contributed by atoms with E-state index in [0.29, 0.717) is 0 Å². The first-order valence-electron chi connectivity index (χ1n) is 2.85. The van der Waals surface area contributed by atoms with Crippen molar-refractivity contribution in [2.75, 3.05) is 0 Å². The molecule has 0 unspecified atom stereocenters. The van der Waals surface area contributed by atoms with Gasteiger partial charge in [-0.05, 0) is 39.4 Å². The molecule has 1 aromatic rings. The fourth-order valence-electron chi connectivity index (χ4n) is 0.646. The number of halogens is 1. The maximum atomic E-state index is 8.66. The summed E-state index contributed by atoms with van der Waals surface area (Å²) in [5.74, 6) is 0. The zero-order chi connectivity index (χ0) is 7.40. The van der Waals surface area contributed by atoms with Crippen LogP contribution in [0.15, 0.2) is 29.2 Å². The minimum atomic E-state index is 0.0905. The average molecular weight is 175 g/mol. The van der Waals surface area contributed by atoms with E-state index in [0.717, 1.165) is 10.5 Å². The van der Waals surface area contributed by atoms with E-state index in [1.807, 2.05) is 24.3 Å². The number of aliphatic hydroxyl groups is 1. The van der Waals surface area contributed by atoms with Crippen molar-refractivity contribution < 1.29 is 5.11 Å². The van der Waals surface area contributed by atoms with Gasteiger partial charge in [0.25, 0.3) is 0 Å². The molecule has 1 rings (SSSR count). The highest BCUT2D eigenvalue weighted by atomic mass is 35.7. The molecular formula is C7H7ClOS. The van der Waals surface area contributed by atoms with E-state index in [1.165, 1.54) is 11.0 Å². The number of rotatable bonds is 2. The molecule has 0 aromatic heterocycles. The summed E-state index contributed by atoms with van der Waals surface area (Å²) in [4.78, 5) is 0.999. The van der Waals surface area contributed by atoms with Gasteiger partial charge in [-0.1, -0.05) is 12.1 Å². The lowest BCUT2D eigenvalue weighted by atomic mass is 10.2. The molecule has 0 amide bonds. The summed E-state index contributed by atoms with van der Waals surface area (Å²) in [7, 11) is 6.66. The van der Waals surface area contributed by atoms with Crippen LogP contribution in [0.4, 0.5) is 0 Å². The first-order valence-corrected chi connectivity index (χ1v) is 4.49. The van der Waals surface area contributed by atoms with Crippen LogP contribution >= 0.6 is 21.7 Å². The van der Waals surface area contributed by atoms with E-state index >= 15 is 0 Å². The lowest BCUT2D eigenvalue weighted by Crippen LogP contribution is -1.79. The monoisotopic (exact) mass is 174 g/mol. The van der Waals surface area contributed by atoms with Crippen molar-refractivity contribution in [2.24, 2.45) is 0 Å². The number of benzene rings is 1. The Labute approximate surface area is 68.5 Å². The average Bonchev–Trinajstić information content (AvgIpc) is 2.05. The van der Waals surface area contributed by atoms with Gasteiger partial charge in [0.2, 0.25) is 0 Å². The van der Waals surface area contributed by atoms with Gasteiger partial charge in [0.05, 0.1) is 6.61 Å². The Morgan fingerprint density at radius 2 is 1.90 bits per heavy atom. The summed E-state index contributed by atoms with van der Waals surface area (Å²) in [5.41, 5.74) is 0.912. The van der Waals surface area contributed by atoms with Gasteiger partial charge in [0.1, 0.15) is 0 Å². The Kier molecular flexibility index (Phi) is 3.06. The normalized spacial score (nSPS) is 9.80. The molecule has 54 valence electrons. The van der Waals surface area contributed by atoms with Gasteiger partial charge in [-0.25, -0.2) is 0 Å². The van der Waals surface area contributed by atoms with E-state index in [1.54, 1.807) is 0 Å². The van der Waals surface area contributed by atoms with Crippen LogP contribution in [0.5, 0.6) is 0 Å². The molecule has 0 radical (unpaired) electrons. The molecular weight excluding hydrogens is 168 g/mol. The lowest BCUT2D eigenvalue weighted by molar-refractivity contribution is 0.282. The van der Waals surface area contributed by atoms with Crippen LogP contribution < -0.4 is 0 Å². The van der Waals surface area contributed by atoms with Crippen LogP contribution in [0.25, 0.3) is 0 Å². The maximum absolute atomic E-state index is 8.66. The van der Waals surface area contributed by atoms with E-state index in [-0.39, 0.29) is 6.61 Å². The fourth-order valence-corrected chi connectivity index (χ4v) is 1.19. The third kappa shape index (κ3) is 1.90. The van der Waals surface area contributed by atoms with Crippen molar-refractivity contribution >= 4 is 21.7 Å². The summed E-state index contributed by atoms with van der Waals surface area (Å²) < 4.78 is 0. The number of aliphatic hydroxyl groups excluding tert-OH is 1. The molecule has 1 nitrogen and oxygen atoms in total. The minimum Gasteiger partial charge on any atom is -0.392 e. The highest BCUT2D eigenvalue weighted by Crippen LogP contribution is 2.21. The van der Waals surface area contributed by atoms with Crippen LogP contribution in [0.2, 0.25) is 0 Å². The smallest absolute Gasteiger partial charge is 0.0681 e. The molecule has 0 aliphatic heterocycles.